The van der Waals surface area contributed by atoms with E-state index < -0.39 is 5.97 Å². The van der Waals surface area contributed by atoms with E-state index in [9.17, 15) is 4.79 Å². The van der Waals surface area contributed by atoms with Gasteiger partial charge in [-0.1, -0.05) is 30.3 Å². The number of rotatable bonds is 7. The molecular formula is C18H28N2O2. The SMILES string of the molecule is CN(CC(=O)O)C1CCCN(CCCc2ccccc2)CC1. The minimum atomic E-state index is -0.730. The van der Waals surface area contributed by atoms with Crippen LogP contribution in [0, 0.1) is 0 Å². The van der Waals surface area contributed by atoms with Gasteiger partial charge in [0.1, 0.15) is 0 Å². The average Bonchev–Trinajstić information content (AvgIpc) is 2.73. The predicted molar refractivity (Wildman–Crippen MR) is 89.1 cm³/mol. The molecule has 0 aromatic heterocycles. The van der Waals surface area contributed by atoms with Crippen molar-refractivity contribution >= 4 is 5.97 Å². The van der Waals surface area contributed by atoms with Crippen LogP contribution in [0.1, 0.15) is 31.2 Å². The number of carbonyl (C=O) groups is 1. The van der Waals surface area contributed by atoms with Crippen molar-refractivity contribution in [2.75, 3.05) is 33.2 Å². The Morgan fingerprint density at radius 1 is 1.27 bits per heavy atom. The molecule has 1 saturated heterocycles. The lowest BCUT2D eigenvalue weighted by molar-refractivity contribution is -0.138. The van der Waals surface area contributed by atoms with Crippen molar-refractivity contribution in [2.24, 2.45) is 0 Å². The summed E-state index contributed by atoms with van der Waals surface area (Å²) in [6.07, 6.45) is 5.69. The van der Waals surface area contributed by atoms with Crippen molar-refractivity contribution in [1.29, 1.82) is 0 Å². The van der Waals surface area contributed by atoms with Gasteiger partial charge in [-0.15, -0.1) is 0 Å². The summed E-state index contributed by atoms with van der Waals surface area (Å²) >= 11 is 0. The molecule has 22 heavy (non-hydrogen) atoms. The Labute approximate surface area is 133 Å². The van der Waals surface area contributed by atoms with E-state index in [4.69, 9.17) is 5.11 Å². The van der Waals surface area contributed by atoms with E-state index in [1.807, 2.05) is 11.9 Å². The highest BCUT2D eigenvalue weighted by Gasteiger charge is 2.21. The van der Waals surface area contributed by atoms with Gasteiger partial charge < -0.3 is 10.0 Å². The smallest absolute Gasteiger partial charge is 0.317 e. The molecule has 0 aliphatic carbocycles. The summed E-state index contributed by atoms with van der Waals surface area (Å²) in [7, 11) is 1.93. The number of carboxylic acid groups (broad SMARTS) is 1. The molecular weight excluding hydrogens is 276 g/mol. The summed E-state index contributed by atoms with van der Waals surface area (Å²) < 4.78 is 0. The summed E-state index contributed by atoms with van der Waals surface area (Å²) in [5.74, 6) is -0.730. The molecule has 0 saturated carbocycles. The zero-order valence-corrected chi connectivity index (χ0v) is 13.6. The summed E-state index contributed by atoms with van der Waals surface area (Å²) in [5.41, 5.74) is 1.41. The first-order valence-electron chi connectivity index (χ1n) is 8.33. The van der Waals surface area contributed by atoms with Gasteiger partial charge in [0, 0.05) is 6.04 Å². The van der Waals surface area contributed by atoms with Crippen LogP contribution in [0.15, 0.2) is 30.3 Å². The Morgan fingerprint density at radius 2 is 2.05 bits per heavy atom. The van der Waals surface area contributed by atoms with Crippen LogP contribution in [0.25, 0.3) is 0 Å². The fourth-order valence-corrected chi connectivity index (χ4v) is 3.30. The van der Waals surface area contributed by atoms with Crippen LogP contribution in [0.4, 0.5) is 0 Å². The summed E-state index contributed by atoms with van der Waals surface area (Å²) in [4.78, 5) is 15.4. The number of likely N-dealkylation sites (tertiary alicyclic amines) is 1. The molecule has 1 aromatic rings. The van der Waals surface area contributed by atoms with Crippen LogP contribution in [-0.2, 0) is 11.2 Å². The fraction of sp³-hybridized carbons (Fsp3) is 0.611. The number of benzene rings is 1. The molecule has 122 valence electrons. The Morgan fingerprint density at radius 3 is 2.77 bits per heavy atom. The van der Waals surface area contributed by atoms with E-state index in [1.165, 1.54) is 18.4 Å². The van der Waals surface area contributed by atoms with Crippen LogP contribution in [0.5, 0.6) is 0 Å². The summed E-state index contributed by atoms with van der Waals surface area (Å²) in [5, 5.41) is 8.91. The number of hydrogen-bond donors (Lipinski definition) is 1. The van der Waals surface area contributed by atoms with Gasteiger partial charge in [0.25, 0.3) is 0 Å². The first-order valence-corrected chi connectivity index (χ1v) is 8.33. The fourth-order valence-electron chi connectivity index (χ4n) is 3.30. The molecule has 1 aliphatic heterocycles. The molecule has 1 fully saturated rings. The monoisotopic (exact) mass is 304 g/mol. The van der Waals surface area contributed by atoms with Crippen LogP contribution < -0.4 is 0 Å². The zero-order valence-electron chi connectivity index (χ0n) is 13.6. The highest BCUT2D eigenvalue weighted by atomic mass is 16.4. The maximum Gasteiger partial charge on any atom is 0.317 e. The number of likely N-dealkylation sites (N-methyl/N-ethyl adjacent to an activating group) is 1. The number of aliphatic carboxylic acids is 1. The molecule has 0 radical (unpaired) electrons. The molecule has 1 atom stereocenters. The van der Waals surface area contributed by atoms with Crippen LogP contribution >= 0.6 is 0 Å². The largest absolute Gasteiger partial charge is 0.480 e. The molecule has 2 rings (SSSR count). The standard InChI is InChI=1S/C18H28N2O2/c1-19(15-18(21)22)17-10-6-13-20(14-11-17)12-5-9-16-7-3-2-4-8-16/h2-4,7-8,17H,5-6,9-15H2,1H3,(H,21,22). The average molecular weight is 304 g/mol. The van der Waals surface area contributed by atoms with Gasteiger partial charge >= 0.3 is 5.97 Å². The summed E-state index contributed by atoms with van der Waals surface area (Å²) in [6, 6.07) is 11.1. The topological polar surface area (TPSA) is 43.8 Å². The van der Waals surface area contributed by atoms with Gasteiger partial charge in [0.15, 0.2) is 0 Å². The molecule has 1 unspecified atom stereocenters. The van der Waals surface area contributed by atoms with Crippen molar-refractivity contribution in [1.82, 2.24) is 9.80 Å². The van der Waals surface area contributed by atoms with Crippen LogP contribution in [0.2, 0.25) is 0 Å². The molecule has 0 spiro atoms. The second-order valence-corrected chi connectivity index (χ2v) is 6.32. The van der Waals surface area contributed by atoms with E-state index >= 15 is 0 Å². The van der Waals surface area contributed by atoms with Gasteiger partial charge in [-0.2, -0.15) is 0 Å². The van der Waals surface area contributed by atoms with Crippen LogP contribution in [0.3, 0.4) is 0 Å². The van der Waals surface area contributed by atoms with Gasteiger partial charge in [-0.3, -0.25) is 9.69 Å². The maximum absolute atomic E-state index is 10.8. The molecule has 4 heteroatoms. The summed E-state index contributed by atoms with van der Waals surface area (Å²) in [6.45, 7) is 3.53. The molecule has 1 aromatic carbocycles. The normalized spacial score (nSPS) is 20.0. The first-order chi connectivity index (χ1) is 10.6. The van der Waals surface area contributed by atoms with Crippen LogP contribution in [-0.4, -0.2) is 60.1 Å². The van der Waals surface area contributed by atoms with Gasteiger partial charge in [-0.05, 0) is 64.3 Å². The highest BCUT2D eigenvalue weighted by molar-refractivity contribution is 5.69. The first kappa shape index (κ1) is 17.0. The second kappa shape index (κ2) is 8.91. The van der Waals surface area contributed by atoms with Crippen molar-refractivity contribution < 1.29 is 9.90 Å². The molecule has 1 N–H and O–H groups in total. The van der Waals surface area contributed by atoms with E-state index in [2.05, 4.69) is 35.2 Å². The number of carboxylic acids is 1. The molecule has 1 heterocycles. The van der Waals surface area contributed by atoms with Gasteiger partial charge in [0.05, 0.1) is 6.54 Å². The quantitative estimate of drug-likeness (QED) is 0.840. The van der Waals surface area contributed by atoms with E-state index in [-0.39, 0.29) is 6.54 Å². The minimum absolute atomic E-state index is 0.151. The lowest BCUT2D eigenvalue weighted by atomic mass is 10.1. The zero-order chi connectivity index (χ0) is 15.8. The molecule has 1 aliphatic rings. The van der Waals surface area contributed by atoms with Gasteiger partial charge in [-0.25, -0.2) is 0 Å². The van der Waals surface area contributed by atoms with E-state index in [0.29, 0.717) is 6.04 Å². The van der Waals surface area contributed by atoms with E-state index in [0.717, 1.165) is 38.9 Å². The second-order valence-electron chi connectivity index (χ2n) is 6.32. The molecule has 0 bridgehead atoms. The minimum Gasteiger partial charge on any atom is -0.480 e. The third-order valence-electron chi connectivity index (χ3n) is 4.58. The number of aryl methyl sites for hydroxylation is 1. The lowest BCUT2D eigenvalue weighted by Crippen LogP contribution is -2.36. The Bertz CT molecular complexity index is 450. The van der Waals surface area contributed by atoms with Crippen molar-refractivity contribution in [3.63, 3.8) is 0 Å². The Hall–Kier alpha value is -1.39. The number of hydrogen-bond acceptors (Lipinski definition) is 3. The third-order valence-corrected chi connectivity index (χ3v) is 4.58. The Balaban J connectivity index is 1.70. The molecule has 0 amide bonds. The lowest BCUT2D eigenvalue weighted by Gasteiger charge is -2.25. The number of nitrogens with zero attached hydrogens (tertiary/aromatic N) is 2. The van der Waals surface area contributed by atoms with E-state index in [1.54, 1.807) is 0 Å². The van der Waals surface area contributed by atoms with Gasteiger partial charge in [0.2, 0.25) is 0 Å². The predicted octanol–water partition coefficient (Wildman–Crippen LogP) is 2.49. The van der Waals surface area contributed by atoms with Crippen molar-refractivity contribution in [3.05, 3.63) is 35.9 Å². The maximum atomic E-state index is 10.8. The van der Waals surface area contributed by atoms with Crippen molar-refractivity contribution in [2.45, 2.75) is 38.1 Å². The van der Waals surface area contributed by atoms with Crippen molar-refractivity contribution in [3.8, 4) is 0 Å². The highest BCUT2D eigenvalue weighted by Crippen LogP contribution is 2.16. The molecule has 4 nitrogen and oxygen atoms in total. The Kier molecular flexibility index (Phi) is 6.87. The third kappa shape index (κ3) is 5.78.